The molecular formula is C22H19N3O4. The molecule has 1 aliphatic heterocycles. The Labute approximate surface area is 167 Å². The summed E-state index contributed by atoms with van der Waals surface area (Å²) in [4.78, 5) is 27.9. The van der Waals surface area contributed by atoms with Crippen molar-refractivity contribution in [1.29, 1.82) is 0 Å². The number of nitrogens with zero attached hydrogens (tertiary/aromatic N) is 1. The van der Waals surface area contributed by atoms with E-state index >= 15 is 0 Å². The van der Waals surface area contributed by atoms with Gasteiger partial charge in [-0.05, 0) is 61.0 Å². The Morgan fingerprint density at radius 2 is 1.72 bits per heavy atom. The summed E-state index contributed by atoms with van der Waals surface area (Å²) in [5, 5.41) is 6.03. The Morgan fingerprint density at radius 1 is 0.966 bits per heavy atom. The summed E-state index contributed by atoms with van der Waals surface area (Å²) in [6.45, 7) is 2.11. The second-order valence-electron chi connectivity index (χ2n) is 6.56. The van der Waals surface area contributed by atoms with Gasteiger partial charge in [0.2, 0.25) is 6.79 Å². The molecule has 7 nitrogen and oxygen atoms in total. The van der Waals surface area contributed by atoms with Crippen LogP contribution >= 0.6 is 0 Å². The van der Waals surface area contributed by atoms with Crippen molar-refractivity contribution < 1.29 is 19.1 Å². The van der Waals surface area contributed by atoms with E-state index in [1.807, 2.05) is 30.3 Å². The second kappa shape index (κ2) is 8.02. The molecule has 1 aromatic heterocycles. The highest BCUT2D eigenvalue weighted by molar-refractivity contribution is 5.94. The number of ether oxygens (including phenoxy) is 2. The fourth-order valence-electron chi connectivity index (χ4n) is 2.88. The number of benzene rings is 2. The minimum absolute atomic E-state index is 0.0225. The molecule has 1 amide bonds. The molecule has 1 aliphatic rings. The third-order valence-corrected chi connectivity index (χ3v) is 4.47. The number of rotatable bonds is 6. The van der Waals surface area contributed by atoms with Crippen LogP contribution in [0.5, 0.6) is 11.5 Å². The third kappa shape index (κ3) is 4.35. The van der Waals surface area contributed by atoms with E-state index < -0.39 is 0 Å². The molecular weight excluding hydrogens is 370 g/mol. The Morgan fingerprint density at radius 3 is 2.45 bits per heavy atom. The molecule has 29 heavy (non-hydrogen) atoms. The lowest BCUT2D eigenvalue weighted by atomic mass is 10.1. The molecule has 146 valence electrons. The average Bonchev–Trinajstić information content (AvgIpc) is 3.21. The zero-order valence-electron chi connectivity index (χ0n) is 15.8. The van der Waals surface area contributed by atoms with E-state index in [4.69, 9.17) is 9.47 Å². The molecule has 0 fully saturated rings. The zero-order valence-corrected chi connectivity index (χ0v) is 15.8. The van der Waals surface area contributed by atoms with Crippen LogP contribution in [0.25, 0.3) is 0 Å². The van der Waals surface area contributed by atoms with Crippen LogP contribution in [0.1, 0.15) is 33.3 Å². The van der Waals surface area contributed by atoms with E-state index in [1.54, 1.807) is 30.5 Å². The average molecular weight is 389 g/mol. The zero-order chi connectivity index (χ0) is 20.2. The molecule has 2 N–H and O–H groups in total. The Kier molecular flexibility index (Phi) is 5.11. The van der Waals surface area contributed by atoms with Gasteiger partial charge in [-0.25, -0.2) is 4.98 Å². The molecule has 2 aromatic carbocycles. The first-order chi connectivity index (χ1) is 14.1. The summed E-state index contributed by atoms with van der Waals surface area (Å²) in [5.41, 5.74) is 3.46. The van der Waals surface area contributed by atoms with Crippen molar-refractivity contribution in [2.45, 2.75) is 13.5 Å². The number of fused-ring (bicyclic) bond motifs is 1. The minimum Gasteiger partial charge on any atom is -0.454 e. The number of nitrogens with one attached hydrogen (secondary N) is 2. The lowest BCUT2D eigenvalue weighted by Gasteiger charge is -2.08. The van der Waals surface area contributed by atoms with Crippen molar-refractivity contribution in [3.05, 3.63) is 77.6 Å². The summed E-state index contributed by atoms with van der Waals surface area (Å²) in [6, 6.07) is 16.2. The Bertz CT molecular complexity index is 1050. The smallest absolute Gasteiger partial charge is 0.270 e. The van der Waals surface area contributed by atoms with Crippen LogP contribution in [0.2, 0.25) is 0 Å². The first kappa shape index (κ1) is 18.5. The number of anilines is 2. The lowest BCUT2D eigenvalue weighted by molar-refractivity contribution is 0.0945. The molecule has 3 aromatic rings. The summed E-state index contributed by atoms with van der Waals surface area (Å²) in [5.74, 6) is 1.15. The van der Waals surface area contributed by atoms with Crippen LogP contribution in [0.15, 0.2) is 60.8 Å². The first-order valence-corrected chi connectivity index (χ1v) is 9.09. The number of Topliss-reactive ketones (excluding diaryl/α,β-unsaturated/α-hetero) is 1. The fourth-order valence-corrected chi connectivity index (χ4v) is 2.88. The van der Waals surface area contributed by atoms with Crippen molar-refractivity contribution in [2.75, 3.05) is 12.1 Å². The molecule has 0 bridgehead atoms. The SMILES string of the molecule is CC(=O)c1ccc(Nc2ccc(C(=O)NCc3ccc4c(c3)OCO4)nc2)cc1. The maximum absolute atomic E-state index is 12.3. The summed E-state index contributed by atoms with van der Waals surface area (Å²) >= 11 is 0. The van der Waals surface area contributed by atoms with E-state index in [0.29, 0.717) is 29.3 Å². The molecule has 0 radical (unpaired) electrons. The molecule has 2 heterocycles. The fraction of sp³-hybridized carbons (Fsp3) is 0.136. The van der Waals surface area contributed by atoms with E-state index in [9.17, 15) is 9.59 Å². The van der Waals surface area contributed by atoms with Crippen molar-refractivity contribution in [3.63, 3.8) is 0 Å². The van der Waals surface area contributed by atoms with Gasteiger partial charge in [-0.2, -0.15) is 0 Å². The van der Waals surface area contributed by atoms with Gasteiger partial charge in [0, 0.05) is 17.8 Å². The lowest BCUT2D eigenvalue weighted by Crippen LogP contribution is -2.23. The molecule has 0 spiro atoms. The van der Waals surface area contributed by atoms with Crippen LogP contribution in [0, 0.1) is 0 Å². The molecule has 0 saturated carbocycles. The van der Waals surface area contributed by atoms with Gasteiger partial charge >= 0.3 is 0 Å². The van der Waals surface area contributed by atoms with E-state index in [-0.39, 0.29) is 18.5 Å². The number of pyridine rings is 1. The molecule has 0 atom stereocenters. The second-order valence-corrected chi connectivity index (χ2v) is 6.56. The number of carbonyl (C=O) groups is 2. The minimum atomic E-state index is -0.264. The number of ketones is 1. The number of amides is 1. The standard InChI is InChI=1S/C22H19N3O4/c1-14(26)16-3-5-17(6-4-16)25-18-7-8-19(23-12-18)22(27)24-11-15-2-9-20-21(10-15)29-13-28-20/h2-10,12,25H,11,13H2,1H3,(H,24,27). The largest absolute Gasteiger partial charge is 0.454 e. The number of hydrogen-bond acceptors (Lipinski definition) is 6. The molecule has 0 unspecified atom stereocenters. The summed E-state index contributed by atoms with van der Waals surface area (Å²) in [7, 11) is 0. The van der Waals surface area contributed by atoms with E-state index in [2.05, 4.69) is 15.6 Å². The highest BCUT2D eigenvalue weighted by Crippen LogP contribution is 2.32. The summed E-state index contributed by atoms with van der Waals surface area (Å²) in [6.07, 6.45) is 1.59. The predicted molar refractivity (Wildman–Crippen MR) is 108 cm³/mol. The van der Waals surface area contributed by atoms with Crippen molar-refractivity contribution in [1.82, 2.24) is 10.3 Å². The molecule has 7 heteroatoms. The maximum Gasteiger partial charge on any atom is 0.270 e. The maximum atomic E-state index is 12.3. The molecule has 0 saturated heterocycles. The molecule has 4 rings (SSSR count). The normalized spacial score (nSPS) is 11.8. The van der Waals surface area contributed by atoms with Gasteiger partial charge in [-0.15, -0.1) is 0 Å². The van der Waals surface area contributed by atoms with Crippen LogP contribution in [0.3, 0.4) is 0 Å². The van der Waals surface area contributed by atoms with Crippen LogP contribution in [-0.4, -0.2) is 23.5 Å². The van der Waals surface area contributed by atoms with E-state index in [1.165, 1.54) is 6.92 Å². The van der Waals surface area contributed by atoms with Gasteiger partial charge in [-0.1, -0.05) is 6.07 Å². The monoisotopic (exact) mass is 389 g/mol. The summed E-state index contributed by atoms with van der Waals surface area (Å²) < 4.78 is 10.6. The van der Waals surface area contributed by atoms with Crippen LogP contribution in [0.4, 0.5) is 11.4 Å². The van der Waals surface area contributed by atoms with Gasteiger partial charge < -0.3 is 20.1 Å². The van der Waals surface area contributed by atoms with Gasteiger partial charge in [0.15, 0.2) is 17.3 Å². The molecule has 0 aliphatic carbocycles. The number of carbonyl (C=O) groups excluding carboxylic acids is 2. The predicted octanol–water partition coefficient (Wildman–Crippen LogP) is 3.69. The highest BCUT2D eigenvalue weighted by Gasteiger charge is 2.14. The quantitative estimate of drug-likeness (QED) is 0.625. The van der Waals surface area contributed by atoms with Gasteiger partial charge in [0.25, 0.3) is 5.91 Å². The number of aromatic nitrogens is 1. The third-order valence-electron chi connectivity index (χ3n) is 4.47. The van der Waals surface area contributed by atoms with Crippen molar-refractivity contribution in [3.8, 4) is 11.5 Å². The van der Waals surface area contributed by atoms with Gasteiger partial charge in [-0.3, -0.25) is 9.59 Å². The van der Waals surface area contributed by atoms with Gasteiger partial charge in [0.1, 0.15) is 5.69 Å². The van der Waals surface area contributed by atoms with Crippen LogP contribution in [-0.2, 0) is 6.54 Å². The number of hydrogen-bond donors (Lipinski definition) is 2. The Balaban J connectivity index is 1.34. The van der Waals surface area contributed by atoms with Crippen LogP contribution < -0.4 is 20.1 Å². The van der Waals surface area contributed by atoms with Gasteiger partial charge in [0.05, 0.1) is 11.9 Å². The van der Waals surface area contributed by atoms with Crippen molar-refractivity contribution >= 4 is 23.1 Å². The van der Waals surface area contributed by atoms with Crippen molar-refractivity contribution in [2.24, 2.45) is 0 Å². The topological polar surface area (TPSA) is 89.6 Å². The highest BCUT2D eigenvalue weighted by atomic mass is 16.7. The Hall–Kier alpha value is -3.87. The van der Waals surface area contributed by atoms with E-state index in [0.717, 1.165) is 16.9 Å². The first-order valence-electron chi connectivity index (χ1n) is 9.09.